The second kappa shape index (κ2) is 8.59. The van der Waals surface area contributed by atoms with Crippen LogP contribution in [-0.2, 0) is 16.1 Å². The minimum Gasteiger partial charge on any atom is -0.338 e. The lowest BCUT2D eigenvalue weighted by molar-refractivity contribution is -0.125. The van der Waals surface area contributed by atoms with Crippen LogP contribution >= 0.6 is 23.2 Å². The lowest BCUT2D eigenvalue weighted by Crippen LogP contribution is -2.24. The molecular weight excluding hydrogens is 383 g/mol. The first-order chi connectivity index (χ1) is 12.9. The van der Waals surface area contributed by atoms with E-state index in [0.717, 1.165) is 29.8 Å². The van der Waals surface area contributed by atoms with Crippen molar-refractivity contribution in [3.05, 3.63) is 69.7 Å². The third-order valence-corrected chi connectivity index (χ3v) is 5.22. The molecule has 1 heterocycles. The van der Waals surface area contributed by atoms with Gasteiger partial charge >= 0.3 is 0 Å². The second-order valence-corrected chi connectivity index (χ2v) is 7.33. The molecule has 27 heavy (non-hydrogen) atoms. The highest BCUT2D eigenvalue weighted by atomic mass is 35.5. The van der Waals surface area contributed by atoms with Gasteiger partial charge in [0, 0.05) is 38.3 Å². The van der Waals surface area contributed by atoms with Crippen molar-refractivity contribution in [1.82, 2.24) is 4.90 Å². The van der Waals surface area contributed by atoms with E-state index in [0.29, 0.717) is 23.0 Å². The number of nitrogens with zero attached hydrogens (tertiary/aromatic N) is 2. The Morgan fingerprint density at radius 2 is 1.89 bits per heavy atom. The van der Waals surface area contributed by atoms with Crippen LogP contribution in [0.15, 0.2) is 48.5 Å². The molecule has 2 aromatic carbocycles. The van der Waals surface area contributed by atoms with E-state index in [-0.39, 0.29) is 11.8 Å². The summed E-state index contributed by atoms with van der Waals surface area (Å²) in [5.41, 5.74) is 2.72. The molecule has 1 saturated heterocycles. The van der Waals surface area contributed by atoms with Gasteiger partial charge in [-0.25, -0.2) is 0 Å². The summed E-state index contributed by atoms with van der Waals surface area (Å²) >= 11 is 11.9. The van der Waals surface area contributed by atoms with E-state index < -0.39 is 0 Å². The highest BCUT2D eigenvalue weighted by Gasteiger charge is 2.21. The number of likely N-dealkylation sites (N-methyl/N-ethyl adjacent to an activating group) is 1. The van der Waals surface area contributed by atoms with Gasteiger partial charge in [0.05, 0.1) is 10.0 Å². The normalized spacial score (nSPS) is 14.2. The maximum Gasteiger partial charge on any atom is 0.246 e. The van der Waals surface area contributed by atoms with Gasteiger partial charge in [0.1, 0.15) is 0 Å². The smallest absolute Gasteiger partial charge is 0.246 e. The van der Waals surface area contributed by atoms with Gasteiger partial charge in [-0.2, -0.15) is 0 Å². The fraction of sp³-hybridized carbons (Fsp3) is 0.238. The van der Waals surface area contributed by atoms with Crippen molar-refractivity contribution < 1.29 is 9.59 Å². The molecule has 0 radical (unpaired) electrons. The van der Waals surface area contributed by atoms with Crippen molar-refractivity contribution in [2.45, 2.75) is 19.4 Å². The summed E-state index contributed by atoms with van der Waals surface area (Å²) < 4.78 is 0. The summed E-state index contributed by atoms with van der Waals surface area (Å²) in [7, 11) is 1.73. The molecular formula is C21H20Cl2N2O2. The number of rotatable bonds is 5. The zero-order chi connectivity index (χ0) is 19.4. The van der Waals surface area contributed by atoms with Crippen molar-refractivity contribution in [2.75, 3.05) is 18.5 Å². The summed E-state index contributed by atoms with van der Waals surface area (Å²) in [5.74, 6) is 0.0530. The number of anilines is 1. The molecule has 3 rings (SSSR count). The number of benzene rings is 2. The van der Waals surface area contributed by atoms with E-state index in [1.807, 2.05) is 30.3 Å². The quantitative estimate of drug-likeness (QED) is 0.674. The van der Waals surface area contributed by atoms with E-state index >= 15 is 0 Å². The first kappa shape index (κ1) is 19.5. The third kappa shape index (κ3) is 4.90. The van der Waals surface area contributed by atoms with Crippen molar-refractivity contribution in [2.24, 2.45) is 0 Å². The SMILES string of the molecule is CN(Cc1ccc(Cl)c(Cl)c1)C(=O)/C=C/c1ccc(N2CCCC2=O)cc1. The Hall–Kier alpha value is -2.30. The fourth-order valence-electron chi connectivity index (χ4n) is 2.97. The number of amides is 2. The molecule has 1 aliphatic rings. The Morgan fingerprint density at radius 1 is 1.15 bits per heavy atom. The molecule has 2 amide bonds. The van der Waals surface area contributed by atoms with Crippen molar-refractivity contribution in [1.29, 1.82) is 0 Å². The van der Waals surface area contributed by atoms with Gasteiger partial charge in [0.2, 0.25) is 11.8 Å². The van der Waals surface area contributed by atoms with Gasteiger partial charge in [-0.05, 0) is 47.9 Å². The number of halogens is 2. The molecule has 0 spiro atoms. The Balaban J connectivity index is 1.60. The Kier molecular flexibility index (Phi) is 6.19. The van der Waals surface area contributed by atoms with Gasteiger partial charge in [0.15, 0.2) is 0 Å². The van der Waals surface area contributed by atoms with Crippen LogP contribution in [0.25, 0.3) is 6.08 Å². The topological polar surface area (TPSA) is 40.6 Å². The first-order valence-corrected chi connectivity index (χ1v) is 9.47. The summed E-state index contributed by atoms with van der Waals surface area (Å²) in [5, 5.41) is 0.968. The Labute approximate surface area is 169 Å². The molecule has 0 atom stereocenters. The fourth-order valence-corrected chi connectivity index (χ4v) is 3.29. The summed E-state index contributed by atoms with van der Waals surface area (Å²) in [6.07, 6.45) is 4.82. The molecule has 6 heteroatoms. The molecule has 2 aromatic rings. The third-order valence-electron chi connectivity index (χ3n) is 4.48. The van der Waals surface area contributed by atoms with Gasteiger partial charge in [-0.3, -0.25) is 9.59 Å². The average molecular weight is 403 g/mol. The van der Waals surface area contributed by atoms with Gasteiger partial charge in [0.25, 0.3) is 0 Å². The summed E-state index contributed by atoms with van der Waals surface area (Å²) in [6.45, 7) is 1.21. The highest BCUT2D eigenvalue weighted by molar-refractivity contribution is 6.42. The van der Waals surface area contributed by atoms with E-state index in [1.54, 1.807) is 35.1 Å². The van der Waals surface area contributed by atoms with E-state index in [9.17, 15) is 9.59 Å². The monoisotopic (exact) mass is 402 g/mol. The van der Waals surface area contributed by atoms with Crippen LogP contribution in [0.3, 0.4) is 0 Å². The molecule has 0 saturated carbocycles. The second-order valence-electron chi connectivity index (χ2n) is 6.52. The molecule has 4 nitrogen and oxygen atoms in total. The zero-order valence-corrected chi connectivity index (χ0v) is 16.5. The maximum atomic E-state index is 12.3. The van der Waals surface area contributed by atoms with Gasteiger partial charge in [-0.1, -0.05) is 41.4 Å². The molecule has 0 aromatic heterocycles. The zero-order valence-electron chi connectivity index (χ0n) is 15.0. The van der Waals surface area contributed by atoms with Crippen LogP contribution in [0.2, 0.25) is 10.0 Å². The Morgan fingerprint density at radius 3 is 2.52 bits per heavy atom. The molecule has 0 N–H and O–H groups in total. The summed E-state index contributed by atoms with van der Waals surface area (Å²) in [6, 6.07) is 13.0. The molecule has 0 aliphatic carbocycles. The first-order valence-electron chi connectivity index (χ1n) is 8.71. The Bertz CT molecular complexity index is 878. The maximum absolute atomic E-state index is 12.3. The predicted octanol–water partition coefficient (Wildman–Crippen LogP) is 4.79. The number of carbonyl (C=O) groups is 2. The predicted molar refractivity (Wildman–Crippen MR) is 110 cm³/mol. The van der Waals surface area contributed by atoms with Crippen LogP contribution in [0.1, 0.15) is 24.0 Å². The van der Waals surface area contributed by atoms with E-state index in [2.05, 4.69) is 0 Å². The van der Waals surface area contributed by atoms with Crippen molar-refractivity contribution in [3.63, 3.8) is 0 Å². The van der Waals surface area contributed by atoms with Crippen LogP contribution < -0.4 is 4.90 Å². The number of carbonyl (C=O) groups excluding carboxylic acids is 2. The number of hydrogen-bond acceptors (Lipinski definition) is 2. The van der Waals surface area contributed by atoms with Crippen LogP contribution in [0.5, 0.6) is 0 Å². The van der Waals surface area contributed by atoms with Crippen LogP contribution in [0.4, 0.5) is 5.69 Å². The highest BCUT2D eigenvalue weighted by Crippen LogP contribution is 2.23. The van der Waals surface area contributed by atoms with Crippen LogP contribution in [0, 0.1) is 0 Å². The molecule has 0 bridgehead atoms. The molecule has 1 fully saturated rings. The minimum atomic E-state index is -0.111. The lowest BCUT2D eigenvalue weighted by atomic mass is 10.1. The molecule has 0 unspecified atom stereocenters. The molecule has 1 aliphatic heterocycles. The standard InChI is InChI=1S/C21H20Cl2N2O2/c1-24(14-16-6-10-18(22)19(23)13-16)20(26)11-7-15-4-8-17(9-5-15)25-12-2-3-21(25)27/h4-11,13H,2-3,12,14H2,1H3/b11-7+. The van der Waals surface area contributed by atoms with Gasteiger partial charge < -0.3 is 9.80 Å². The average Bonchev–Trinajstić information content (AvgIpc) is 3.09. The molecule has 140 valence electrons. The van der Waals surface area contributed by atoms with E-state index in [4.69, 9.17) is 23.2 Å². The van der Waals surface area contributed by atoms with E-state index in [1.165, 1.54) is 6.08 Å². The lowest BCUT2D eigenvalue weighted by Gasteiger charge is -2.16. The summed E-state index contributed by atoms with van der Waals surface area (Å²) in [4.78, 5) is 27.5. The minimum absolute atomic E-state index is 0.111. The van der Waals surface area contributed by atoms with Crippen molar-refractivity contribution >= 4 is 46.8 Å². The number of hydrogen-bond donors (Lipinski definition) is 0. The van der Waals surface area contributed by atoms with Crippen LogP contribution in [-0.4, -0.2) is 30.3 Å². The van der Waals surface area contributed by atoms with Crippen molar-refractivity contribution in [3.8, 4) is 0 Å². The van der Waals surface area contributed by atoms with Gasteiger partial charge in [-0.15, -0.1) is 0 Å². The largest absolute Gasteiger partial charge is 0.338 e.